The molecule has 1 amide bonds. The van der Waals surface area contributed by atoms with Crippen LogP contribution in [0.2, 0.25) is 0 Å². The molecule has 1 atom stereocenters. The first-order valence-corrected chi connectivity index (χ1v) is 8.83. The summed E-state index contributed by atoms with van der Waals surface area (Å²) in [5.41, 5.74) is 3.12. The van der Waals surface area contributed by atoms with Crippen LogP contribution in [0.15, 0.2) is 48.5 Å². The van der Waals surface area contributed by atoms with Gasteiger partial charge in [0.1, 0.15) is 5.75 Å². The lowest BCUT2D eigenvalue weighted by Crippen LogP contribution is -2.38. The van der Waals surface area contributed by atoms with Crippen LogP contribution in [-0.2, 0) is 16.0 Å². The van der Waals surface area contributed by atoms with Crippen LogP contribution < -0.4 is 10.1 Å². The second-order valence-electron chi connectivity index (χ2n) is 5.68. The highest BCUT2D eigenvalue weighted by Crippen LogP contribution is 2.23. The fraction of sp³-hybridized carbons (Fsp3) is 0.263. The molecule has 1 fully saturated rings. The molecule has 1 aliphatic heterocycles. The number of carbonyl (C=O) groups excluding carboxylic acids is 2. The van der Waals surface area contributed by atoms with Gasteiger partial charge in [-0.2, -0.15) is 0 Å². The second-order valence-corrected chi connectivity index (χ2v) is 6.78. The molecule has 0 spiro atoms. The summed E-state index contributed by atoms with van der Waals surface area (Å²) in [6.07, 6.45) is 1.02. The maximum atomic E-state index is 12.1. The highest BCUT2D eigenvalue weighted by atomic mass is 32.2. The van der Waals surface area contributed by atoms with Crippen molar-refractivity contribution in [3.8, 4) is 16.9 Å². The molecule has 0 saturated carbocycles. The quantitative estimate of drug-likeness (QED) is 0.908. The molecule has 3 rings (SSSR count). The molecule has 0 aliphatic carbocycles. The van der Waals surface area contributed by atoms with Gasteiger partial charge in [-0.15, -0.1) is 0 Å². The van der Waals surface area contributed by atoms with Crippen molar-refractivity contribution >= 4 is 22.8 Å². The molecule has 5 heteroatoms. The predicted octanol–water partition coefficient (Wildman–Crippen LogP) is 3.05. The number of ether oxygens (including phenoxy) is 1. The van der Waals surface area contributed by atoms with Gasteiger partial charge in [-0.3, -0.25) is 9.59 Å². The van der Waals surface area contributed by atoms with Crippen molar-refractivity contribution in [3.63, 3.8) is 0 Å². The molecule has 1 heterocycles. The normalized spacial score (nSPS) is 16.9. The summed E-state index contributed by atoms with van der Waals surface area (Å²) in [7, 11) is 1.65. The Morgan fingerprint density at radius 1 is 1.12 bits per heavy atom. The maximum Gasteiger partial charge on any atom is 0.225 e. The number of amides is 1. The lowest BCUT2D eigenvalue weighted by Gasteiger charge is -2.10. The Labute approximate surface area is 145 Å². The number of carbonyl (C=O) groups is 2. The van der Waals surface area contributed by atoms with Crippen LogP contribution in [0, 0.1) is 0 Å². The SMILES string of the molecule is COc1ccc(-c2ccc(CC(=O)NC3CCSC3=O)cc2)cc1. The minimum Gasteiger partial charge on any atom is -0.497 e. The van der Waals surface area contributed by atoms with Crippen molar-refractivity contribution in [1.82, 2.24) is 5.32 Å². The van der Waals surface area contributed by atoms with Gasteiger partial charge in [0.25, 0.3) is 0 Å². The molecule has 0 bridgehead atoms. The molecule has 1 unspecified atom stereocenters. The van der Waals surface area contributed by atoms with Crippen LogP contribution in [0.4, 0.5) is 0 Å². The van der Waals surface area contributed by atoms with Gasteiger partial charge < -0.3 is 10.1 Å². The van der Waals surface area contributed by atoms with Gasteiger partial charge >= 0.3 is 0 Å². The Morgan fingerprint density at radius 3 is 2.29 bits per heavy atom. The lowest BCUT2D eigenvalue weighted by atomic mass is 10.0. The summed E-state index contributed by atoms with van der Waals surface area (Å²) >= 11 is 1.29. The van der Waals surface area contributed by atoms with E-state index in [2.05, 4.69) is 5.32 Å². The lowest BCUT2D eigenvalue weighted by molar-refractivity contribution is -0.124. The fourth-order valence-corrected chi connectivity index (χ4v) is 3.59. The van der Waals surface area contributed by atoms with E-state index in [9.17, 15) is 9.59 Å². The zero-order valence-electron chi connectivity index (χ0n) is 13.5. The maximum absolute atomic E-state index is 12.1. The highest BCUT2D eigenvalue weighted by Gasteiger charge is 2.26. The molecule has 1 saturated heterocycles. The number of hydrogen-bond acceptors (Lipinski definition) is 4. The van der Waals surface area contributed by atoms with Crippen LogP contribution >= 0.6 is 11.8 Å². The summed E-state index contributed by atoms with van der Waals surface area (Å²) in [5.74, 6) is 1.51. The Balaban J connectivity index is 1.61. The third kappa shape index (κ3) is 3.97. The molecule has 4 nitrogen and oxygen atoms in total. The average Bonchev–Trinajstić information content (AvgIpc) is 3.00. The van der Waals surface area contributed by atoms with Crippen LogP contribution in [0.25, 0.3) is 11.1 Å². The first kappa shape index (κ1) is 16.6. The van der Waals surface area contributed by atoms with Gasteiger partial charge in [0, 0.05) is 5.75 Å². The van der Waals surface area contributed by atoms with E-state index in [1.54, 1.807) is 7.11 Å². The van der Waals surface area contributed by atoms with Gasteiger partial charge in [-0.1, -0.05) is 48.2 Å². The molecule has 1 aliphatic rings. The molecule has 2 aromatic rings. The van der Waals surface area contributed by atoms with E-state index < -0.39 is 0 Å². The van der Waals surface area contributed by atoms with Crippen LogP contribution in [0.3, 0.4) is 0 Å². The minimum absolute atomic E-state index is 0.0678. The topological polar surface area (TPSA) is 55.4 Å². The average molecular weight is 341 g/mol. The summed E-state index contributed by atoms with van der Waals surface area (Å²) in [6.45, 7) is 0. The van der Waals surface area contributed by atoms with Gasteiger partial charge in [-0.05, 0) is 35.2 Å². The zero-order chi connectivity index (χ0) is 16.9. The monoisotopic (exact) mass is 341 g/mol. The molecular weight excluding hydrogens is 322 g/mol. The van der Waals surface area contributed by atoms with Crippen LogP contribution in [-0.4, -0.2) is 29.9 Å². The van der Waals surface area contributed by atoms with Crippen molar-refractivity contribution in [2.75, 3.05) is 12.9 Å². The largest absolute Gasteiger partial charge is 0.497 e. The van der Waals surface area contributed by atoms with Gasteiger partial charge in [0.05, 0.1) is 19.6 Å². The third-order valence-corrected chi connectivity index (χ3v) is 5.02. The predicted molar refractivity (Wildman–Crippen MR) is 96.1 cm³/mol. The molecule has 124 valence electrons. The standard InChI is InChI=1S/C19H19NO3S/c1-23-16-8-6-15(7-9-16)14-4-2-13(3-5-14)12-18(21)20-17-10-11-24-19(17)22/h2-9,17H,10-12H2,1H3,(H,20,21). The van der Waals surface area contributed by atoms with E-state index in [0.717, 1.165) is 34.6 Å². The molecule has 24 heavy (non-hydrogen) atoms. The molecule has 0 aromatic heterocycles. The fourth-order valence-electron chi connectivity index (χ4n) is 2.66. The van der Waals surface area contributed by atoms with E-state index in [4.69, 9.17) is 4.74 Å². The number of rotatable bonds is 5. The Bertz CT molecular complexity index is 725. The van der Waals surface area contributed by atoms with E-state index >= 15 is 0 Å². The summed E-state index contributed by atoms with van der Waals surface area (Å²) in [4.78, 5) is 23.6. The molecule has 1 N–H and O–H groups in total. The second kappa shape index (κ2) is 7.53. The first-order valence-electron chi connectivity index (χ1n) is 7.85. The Hall–Kier alpha value is -2.27. The number of thioether (sulfide) groups is 1. The third-order valence-electron chi connectivity index (χ3n) is 4.01. The minimum atomic E-state index is -0.318. The van der Waals surface area contributed by atoms with Gasteiger partial charge in [0.2, 0.25) is 11.0 Å². The number of methoxy groups -OCH3 is 1. The van der Waals surface area contributed by atoms with E-state index in [-0.39, 0.29) is 23.5 Å². The van der Waals surface area contributed by atoms with E-state index in [1.807, 2.05) is 48.5 Å². The van der Waals surface area contributed by atoms with Crippen molar-refractivity contribution in [1.29, 1.82) is 0 Å². The van der Waals surface area contributed by atoms with Crippen molar-refractivity contribution in [3.05, 3.63) is 54.1 Å². The zero-order valence-corrected chi connectivity index (χ0v) is 14.3. The number of benzene rings is 2. The van der Waals surface area contributed by atoms with Crippen molar-refractivity contribution in [2.45, 2.75) is 18.9 Å². The van der Waals surface area contributed by atoms with Crippen LogP contribution in [0.5, 0.6) is 5.75 Å². The van der Waals surface area contributed by atoms with Crippen LogP contribution in [0.1, 0.15) is 12.0 Å². The number of nitrogens with one attached hydrogen (secondary N) is 1. The highest BCUT2D eigenvalue weighted by molar-refractivity contribution is 8.14. The first-order chi connectivity index (χ1) is 11.7. The summed E-state index contributed by atoms with van der Waals surface area (Å²) in [5, 5.41) is 2.88. The van der Waals surface area contributed by atoms with Gasteiger partial charge in [-0.25, -0.2) is 0 Å². The van der Waals surface area contributed by atoms with Crippen molar-refractivity contribution < 1.29 is 14.3 Å². The Morgan fingerprint density at radius 2 is 1.75 bits per heavy atom. The Kier molecular flexibility index (Phi) is 5.20. The van der Waals surface area contributed by atoms with Gasteiger partial charge in [0.15, 0.2) is 0 Å². The summed E-state index contributed by atoms with van der Waals surface area (Å²) in [6, 6.07) is 15.4. The molecular formula is C19H19NO3S. The molecule has 0 radical (unpaired) electrons. The van der Waals surface area contributed by atoms with Crippen molar-refractivity contribution in [2.24, 2.45) is 0 Å². The summed E-state index contributed by atoms with van der Waals surface area (Å²) < 4.78 is 5.16. The van der Waals surface area contributed by atoms with E-state index in [1.165, 1.54) is 11.8 Å². The number of hydrogen-bond donors (Lipinski definition) is 1. The molecule has 2 aromatic carbocycles. The van der Waals surface area contributed by atoms with E-state index in [0.29, 0.717) is 0 Å². The smallest absolute Gasteiger partial charge is 0.225 e.